The molecule has 0 bridgehead atoms. The van der Waals surface area contributed by atoms with Gasteiger partial charge in [-0.1, -0.05) is 49.1 Å². The smallest absolute Gasteiger partial charge is 0.261 e. The van der Waals surface area contributed by atoms with Crippen LogP contribution < -0.4 is 4.72 Å². The van der Waals surface area contributed by atoms with Gasteiger partial charge in [0.05, 0.1) is 16.1 Å². The molecule has 0 aromatic heterocycles. The summed E-state index contributed by atoms with van der Waals surface area (Å²) < 4.78 is 28.2. The first-order valence-electron chi connectivity index (χ1n) is 9.92. The number of anilines is 1. The van der Waals surface area contributed by atoms with Gasteiger partial charge in [0, 0.05) is 12.6 Å². The summed E-state index contributed by atoms with van der Waals surface area (Å²) in [6.45, 7) is 4.50. The van der Waals surface area contributed by atoms with E-state index in [0.29, 0.717) is 17.8 Å². The van der Waals surface area contributed by atoms with Crippen LogP contribution in [0.25, 0.3) is 0 Å². The Balaban J connectivity index is 1.88. The van der Waals surface area contributed by atoms with Gasteiger partial charge in [-0.2, -0.15) is 0 Å². The summed E-state index contributed by atoms with van der Waals surface area (Å²) in [5.74, 6) is -0.114. The van der Waals surface area contributed by atoms with Crippen LogP contribution in [-0.4, -0.2) is 31.8 Å². The zero-order chi connectivity index (χ0) is 20.1. The van der Waals surface area contributed by atoms with Crippen LogP contribution in [0.15, 0.2) is 53.4 Å². The van der Waals surface area contributed by atoms with Crippen LogP contribution in [0.3, 0.4) is 0 Å². The van der Waals surface area contributed by atoms with E-state index in [0.717, 1.165) is 31.2 Å². The molecule has 0 atom stereocenters. The van der Waals surface area contributed by atoms with Crippen LogP contribution in [0.1, 0.15) is 54.9 Å². The van der Waals surface area contributed by atoms with E-state index in [-0.39, 0.29) is 16.8 Å². The molecule has 1 aliphatic carbocycles. The van der Waals surface area contributed by atoms with Crippen molar-refractivity contribution in [2.24, 2.45) is 0 Å². The molecule has 0 spiro atoms. The van der Waals surface area contributed by atoms with E-state index in [4.69, 9.17) is 0 Å². The number of aryl methyl sites for hydroxylation is 1. The van der Waals surface area contributed by atoms with Crippen molar-refractivity contribution < 1.29 is 13.2 Å². The topological polar surface area (TPSA) is 66.5 Å². The number of nitrogens with one attached hydrogen (secondary N) is 1. The van der Waals surface area contributed by atoms with Crippen molar-refractivity contribution in [1.82, 2.24) is 4.90 Å². The van der Waals surface area contributed by atoms with Gasteiger partial charge in [-0.15, -0.1) is 0 Å². The van der Waals surface area contributed by atoms with Gasteiger partial charge in [0.1, 0.15) is 0 Å². The molecule has 6 heteroatoms. The molecule has 1 saturated carbocycles. The molecule has 5 nitrogen and oxygen atoms in total. The Morgan fingerprint density at radius 2 is 1.68 bits per heavy atom. The second-order valence-corrected chi connectivity index (χ2v) is 9.03. The highest BCUT2D eigenvalue weighted by atomic mass is 32.2. The zero-order valence-electron chi connectivity index (χ0n) is 16.5. The van der Waals surface area contributed by atoms with Crippen LogP contribution in [0.2, 0.25) is 0 Å². The van der Waals surface area contributed by atoms with E-state index >= 15 is 0 Å². The van der Waals surface area contributed by atoms with Crippen LogP contribution in [-0.2, 0) is 10.0 Å². The van der Waals surface area contributed by atoms with Crippen molar-refractivity contribution in [2.45, 2.75) is 56.9 Å². The fourth-order valence-corrected chi connectivity index (χ4v) is 4.87. The molecule has 150 valence electrons. The van der Waals surface area contributed by atoms with Gasteiger partial charge in [0.25, 0.3) is 15.9 Å². The lowest BCUT2D eigenvalue weighted by Gasteiger charge is -2.34. The van der Waals surface area contributed by atoms with Crippen LogP contribution in [0.4, 0.5) is 5.69 Å². The fourth-order valence-electron chi connectivity index (χ4n) is 3.79. The number of rotatable bonds is 6. The fraction of sp³-hybridized carbons (Fsp3) is 0.409. The molecule has 1 aliphatic rings. The highest BCUT2D eigenvalue weighted by molar-refractivity contribution is 7.92. The Hall–Kier alpha value is -2.34. The number of hydrogen-bond donors (Lipinski definition) is 1. The van der Waals surface area contributed by atoms with Gasteiger partial charge < -0.3 is 4.90 Å². The quantitative estimate of drug-likeness (QED) is 0.771. The molecule has 0 unspecified atom stereocenters. The summed E-state index contributed by atoms with van der Waals surface area (Å²) >= 11 is 0. The third-order valence-corrected chi connectivity index (χ3v) is 6.73. The Labute approximate surface area is 167 Å². The third kappa shape index (κ3) is 4.55. The maximum atomic E-state index is 13.3. The average molecular weight is 401 g/mol. The van der Waals surface area contributed by atoms with Crippen molar-refractivity contribution in [3.8, 4) is 0 Å². The number of benzene rings is 2. The highest BCUT2D eigenvalue weighted by Gasteiger charge is 2.27. The Morgan fingerprint density at radius 3 is 2.32 bits per heavy atom. The normalized spacial score (nSPS) is 15.2. The molecule has 1 fully saturated rings. The molecule has 1 N–H and O–H groups in total. The minimum absolute atomic E-state index is 0.114. The third-order valence-electron chi connectivity index (χ3n) is 5.35. The van der Waals surface area contributed by atoms with Gasteiger partial charge in [-0.05, 0) is 51.0 Å². The summed E-state index contributed by atoms with van der Waals surface area (Å²) in [5, 5.41) is 0. The van der Waals surface area contributed by atoms with Crippen LogP contribution in [0.5, 0.6) is 0 Å². The first-order chi connectivity index (χ1) is 13.4. The van der Waals surface area contributed by atoms with Crippen LogP contribution in [0, 0.1) is 6.92 Å². The summed E-state index contributed by atoms with van der Waals surface area (Å²) in [6, 6.07) is 13.7. The molecule has 0 radical (unpaired) electrons. The highest BCUT2D eigenvalue weighted by Crippen LogP contribution is 2.27. The van der Waals surface area contributed by atoms with E-state index in [9.17, 15) is 13.2 Å². The van der Waals surface area contributed by atoms with Crippen molar-refractivity contribution in [3.05, 3.63) is 59.7 Å². The first-order valence-corrected chi connectivity index (χ1v) is 11.4. The largest absolute Gasteiger partial charge is 0.336 e. The van der Waals surface area contributed by atoms with Gasteiger partial charge >= 0.3 is 0 Å². The van der Waals surface area contributed by atoms with Crippen LogP contribution >= 0.6 is 0 Å². The second kappa shape index (κ2) is 8.78. The number of para-hydroxylation sites is 1. The predicted octanol–water partition coefficient (Wildman–Crippen LogP) is 4.59. The molecule has 28 heavy (non-hydrogen) atoms. The number of carbonyl (C=O) groups excluding carboxylic acids is 1. The van der Waals surface area contributed by atoms with Crippen molar-refractivity contribution in [3.63, 3.8) is 0 Å². The lowest BCUT2D eigenvalue weighted by molar-refractivity contribution is 0.0649. The molecule has 1 amide bonds. The Kier molecular flexibility index (Phi) is 6.39. The molecule has 0 saturated heterocycles. The number of carbonyl (C=O) groups is 1. The molecular formula is C22H28N2O3S. The molecule has 0 aliphatic heterocycles. The van der Waals surface area contributed by atoms with E-state index in [1.807, 2.05) is 18.7 Å². The van der Waals surface area contributed by atoms with Crippen molar-refractivity contribution in [1.29, 1.82) is 0 Å². The van der Waals surface area contributed by atoms with E-state index in [1.54, 1.807) is 48.5 Å². The monoisotopic (exact) mass is 400 g/mol. The number of hydrogen-bond acceptors (Lipinski definition) is 3. The number of nitrogens with zero attached hydrogens (tertiary/aromatic N) is 1. The SMILES string of the molecule is CCN(C(=O)c1ccccc1NS(=O)(=O)c1ccc(C)cc1)C1CCCCC1. The maximum absolute atomic E-state index is 13.3. The molecule has 0 heterocycles. The summed E-state index contributed by atoms with van der Waals surface area (Å²) in [7, 11) is -3.76. The lowest BCUT2D eigenvalue weighted by Crippen LogP contribution is -2.41. The lowest BCUT2D eigenvalue weighted by atomic mass is 9.93. The average Bonchev–Trinajstić information content (AvgIpc) is 2.70. The zero-order valence-corrected chi connectivity index (χ0v) is 17.3. The van der Waals surface area contributed by atoms with Gasteiger partial charge in [-0.3, -0.25) is 9.52 Å². The van der Waals surface area contributed by atoms with E-state index in [1.165, 1.54) is 6.42 Å². The standard InChI is InChI=1S/C22H28N2O3S/c1-3-24(18-9-5-4-6-10-18)22(25)20-11-7-8-12-21(20)23-28(26,27)19-15-13-17(2)14-16-19/h7-8,11-16,18,23H,3-6,9-10H2,1-2H3. The number of amides is 1. The van der Waals surface area contributed by atoms with Crippen molar-refractivity contribution >= 4 is 21.6 Å². The molecule has 2 aromatic rings. The van der Waals surface area contributed by atoms with Gasteiger partial charge in [0.2, 0.25) is 0 Å². The maximum Gasteiger partial charge on any atom is 0.261 e. The second-order valence-electron chi connectivity index (χ2n) is 7.35. The summed E-state index contributed by atoms with van der Waals surface area (Å²) in [4.78, 5) is 15.3. The van der Waals surface area contributed by atoms with E-state index in [2.05, 4.69) is 4.72 Å². The number of sulfonamides is 1. The first kappa shape index (κ1) is 20.4. The minimum atomic E-state index is -3.76. The Bertz CT molecular complexity index is 917. The summed E-state index contributed by atoms with van der Waals surface area (Å²) in [6.07, 6.45) is 5.51. The summed E-state index contributed by atoms with van der Waals surface area (Å²) in [5.41, 5.74) is 1.70. The minimum Gasteiger partial charge on any atom is -0.336 e. The molecule has 2 aromatic carbocycles. The predicted molar refractivity (Wildman–Crippen MR) is 112 cm³/mol. The van der Waals surface area contributed by atoms with E-state index < -0.39 is 10.0 Å². The van der Waals surface area contributed by atoms with Crippen molar-refractivity contribution in [2.75, 3.05) is 11.3 Å². The Morgan fingerprint density at radius 1 is 1.04 bits per heavy atom. The van der Waals surface area contributed by atoms with Gasteiger partial charge in [-0.25, -0.2) is 8.42 Å². The molecular weight excluding hydrogens is 372 g/mol. The van der Waals surface area contributed by atoms with Gasteiger partial charge in [0.15, 0.2) is 0 Å². The molecule has 3 rings (SSSR count).